The highest BCUT2D eigenvalue weighted by atomic mass is 19.1. The molecule has 162 valence electrons. The molecule has 2 heterocycles. The molecule has 0 saturated carbocycles. The molecule has 0 aromatic heterocycles. The third kappa shape index (κ3) is 4.85. The molecule has 5 nitrogen and oxygen atoms in total. The molecule has 2 aromatic rings. The Bertz CT molecular complexity index is 1010. The Labute approximate surface area is 181 Å². The molecule has 0 unspecified atom stereocenters. The third-order valence-corrected chi connectivity index (χ3v) is 6.15. The minimum absolute atomic E-state index is 0.0642. The van der Waals surface area contributed by atoms with Gasteiger partial charge >= 0.3 is 5.97 Å². The van der Waals surface area contributed by atoms with Crippen LogP contribution in [0.3, 0.4) is 0 Å². The van der Waals surface area contributed by atoms with E-state index in [4.69, 9.17) is 4.74 Å². The van der Waals surface area contributed by atoms with Crippen LogP contribution in [-0.4, -0.2) is 49.0 Å². The highest BCUT2D eigenvalue weighted by Gasteiger charge is 2.42. The number of Topliss-reactive ketones (excluding diaryl/α,β-unsaturated/α-hetero) is 1. The monoisotopic (exact) mass is 423 g/mol. The molecule has 0 amide bonds. The average molecular weight is 423 g/mol. The molecular formula is C25H26FNO4. The van der Waals surface area contributed by atoms with Crippen LogP contribution in [0.2, 0.25) is 0 Å². The molecule has 2 aliphatic heterocycles. The van der Waals surface area contributed by atoms with Crippen molar-refractivity contribution in [1.82, 2.24) is 4.90 Å². The summed E-state index contributed by atoms with van der Waals surface area (Å²) in [7, 11) is 1.32. The summed E-state index contributed by atoms with van der Waals surface area (Å²) >= 11 is 0. The van der Waals surface area contributed by atoms with Gasteiger partial charge in [-0.05, 0) is 41.8 Å². The van der Waals surface area contributed by atoms with Crippen LogP contribution in [0.4, 0.5) is 4.39 Å². The molecule has 1 fully saturated rings. The number of benzene rings is 2. The number of ketones is 1. The summed E-state index contributed by atoms with van der Waals surface area (Å²) in [4.78, 5) is 26.5. The average Bonchev–Trinajstić information content (AvgIpc) is 2.78. The highest BCUT2D eigenvalue weighted by molar-refractivity contribution is 6.01. The second-order valence-electron chi connectivity index (χ2n) is 8.18. The van der Waals surface area contributed by atoms with E-state index in [0.717, 1.165) is 43.6 Å². The molecule has 4 rings (SSSR count). The van der Waals surface area contributed by atoms with Gasteiger partial charge in [0.15, 0.2) is 5.78 Å². The lowest BCUT2D eigenvalue weighted by Crippen LogP contribution is -2.51. The fourth-order valence-corrected chi connectivity index (χ4v) is 4.29. The zero-order valence-electron chi connectivity index (χ0n) is 17.6. The van der Waals surface area contributed by atoms with Crippen LogP contribution in [0.15, 0.2) is 48.5 Å². The first-order chi connectivity index (χ1) is 15.0. The van der Waals surface area contributed by atoms with E-state index >= 15 is 0 Å². The van der Waals surface area contributed by atoms with Gasteiger partial charge in [-0.25, -0.2) is 9.18 Å². The number of piperidine rings is 1. The number of hydrogen-bond donors (Lipinski definition) is 0. The second-order valence-corrected chi connectivity index (χ2v) is 8.18. The maximum absolute atomic E-state index is 13.8. The first kappa shape index (κ1) is 21.2. The van der Waals surface area contributed by atoms with Crippen molar-refractivity contribution in [2.75, 3.05) is 26.7 Å². The number of methoxy groups -OCH3 is 1. The summed E-state index contributed by atoms with van der Waals surface area (Å²) in [5.41, 5.74) is 1.57. The normalized spacial score (nSPS) is 18.1. The summed E-state index contributed by atoms with van der Waals surface area (Å²) in [5.74, 6) is 0.0660. The van der Waals surface area contributed by atoms with Gasteiger partial charge in [-0.1, -0.05) is 24.3 Å². The van der Waals surface area contributed by atoms with Crippen molar-refractivity contribution in [1.29, 1.82) is 0 Å². The largest absolute Gasteiger partial charge is 0.486 e. The van der Waals surface area contributed by atoms with Crippen LogP contribution in [0, 0.1) is 5.82 Å². The lowest BCUT2D eigenvalue weighted by molar-refractivity contribution is -0.134. The predicted molar refractivity (Wildman–Crippen MR) is 116 cm³/mol. The molecule has 6 heteroatoms. The highest BCUT2D eigenvalue weighted by Crippen LogP contribution is 2.39. The van der Waals surface area contributed by atoms with Gasteiger partial charge in [-0.15, -0.1) is 0 Å². The summed E-state index contributed by atoms with van der Waals surface area (Å²) in [5, 5.41) is 0. The molecule has 0 bridgehead atoms. The van der Waals surface area contributed by atoms with Crippen molar-refractivity contribution in [3.63, 3.8) is 0 Å². The van der Waals surface area contributed by atoms with Crippen molar-refractivity contribution < 1.29 is 23.5 Å². The number of carbonyl (C=O) groups is 2. The Morgan fingerprint density at radius 1 is 1.23 bits per heavy atom. The Morgan fingerprint density at radius 3 is 2.74 bits per heavy atom. The molecular weight excluding hydrogens is 397 g/mol. The summed E-state index contributed by atoms with van der Waals surface area (Å²) in [6.07, 6.45) is 5.50. The molecule has 1 saturated heterocycles. The Kier molecular flexibility index (Phi) is 6.18. The van der Waals surface area contributed by atoms with E-state index in [9.17, 15) is 14.0 Å². The number of esters is 1. The second kappa shape index (κ2) is 9.02. The van der Waals surface area contributed by atoms with Gasteiger partial charge < -0.3 is 14.4 Å². The first-order valence-corrected chi connectivity index (χ1v) is 10.6. The first-order valence-electron chi connectivity index (χ1n) is 10.6. The SMILES string of the molecule is COC(=O)C=Cc1ccc2c(c1)C(=O)CC1(CCN(CCc3ccccc3F)CC1)O2. The van der Waals surface area contributed by atoms with Crippen LogP contribution in [0.5, 0.6) is 5.75 Å². The predicted octanol–water partition coefficient (Wildman–Crippen LogP) is 4.05. The Balaban J connectivity index is 1.38. The van der Waals surface area contributed by atoms with E-state index in [-0.39, 0.29) is 11.6 Å². The summed E-state index contributed by atoms with van der Waals surface area (Å²) in [6.45, 7) is 2.42. The number of likely N-dealkylation sites (tertiary alicyclic amines) is 1. The van der Waals surface area contributed by atoms with E-state index in [1.165, 1.54) is 19.3 Å². The van der Waals surface area contributed by atoms with Crippen LogP contribution in [0.1, 0.15) is 40.7 Å². The number of hydrogen-bond acceptors (Lipinski definition) is 5. The van der Waals surface area contributed by atoms with E-state index < -0.39 is 11.6 Å². The maximum atomic E-state index is 13.8. The fraction of sp³-hybridized carbons (Fsp3) is 0.360. The molecule has 0 atom stereocenters. The smallest absolute Gasteiger partial charge is 0.330 e. The number of nitrogens with zero attached hydrogens (tertiary/aromatic N) is 1. The summed E-state index contributed by atoms with van der Waals surface area (Å²) in [6, 6.07) is 12.3. The van der Waals surface area contributed by atoms with E-state index in [0.29, 0.717) is 24.2 Å². The van der Waals surface area contributed by atoms with Crippen LogP contribution >= 0.6 is 0 Å². The van der Waals surface area contributed by atoms with Crippen LogP contribution in [0.25, 0.3) is 6.08 Å². The summed E-state index contributed by atoms with van der Waals surface area (Å²) < 4.78 is 24.8. The third-order valence-electron chi connectivity index (χ3n) is 6.15. The molecule has 0 radical (unpaired) electrons. The number of halogens is 1. The molecule has 1 spiro atoms. The Hall–Kier alpha value is -2.99. The van der Waals surface area contributed by atoms with Gasteiger partial charge in [0.25, 0.3) is 0 Å². The quantitative estimate of drug-likeness (QED) is 0.536. The van der Waals surface area contributed by atoms with E-state index in [1.54, 1.807) is 24.3 Å². The van der Waals surface area contributed by atoms with Gasteiger partial charge in [0.1, 0.15) is 17.2 Å². The van der Waals surface area contributed by atoms with Crippen LogP contribution < -0.4 is 4.74 Å². The molecule has 31 heavy (non-hydrogen) atoms. The van der Waals surface area contributed by atoms with Gasteiger partial charge in [0, 0.05) is 38.6 Å². The van der Waals surface area contributed by atoms with Gasteiger partial charge in [-0.3, -0.25) is 4.79 Å². The van der Waals surface area contributed by atoms with Gasteiger partial charge in [-0.2, -0.15) is 0 Å². The van der Waals surface area contributed by atoms with E-state index in [1.807, 2.05) is 18.2 Å². The topological polar surface area (TPSA) is 55.8 Å². The number of ether oxygens (including phenoxy) is 2. The van der Waals surface area contributed by atoms with Crippen molar-refractivity contribution in [3.8, 4) is 5.75 Å². The minimum Gasteiger partial charge on any atom is -0.486 e. The minimum atomic E-state index is -0.470. The van der Waals surface area contributed by atoms with Gasteiger partial charge in [0.05, 0.1) is 19.1 Å². The number of fused-ring (bicyclic) bond motifs is 1. The maximum Gasteiger partial charge on any atom is 0.330 e. The lowest BCUT2D eigenvalue weighted by Gasteiger charge is -2.44. The molecule has 2 aliphatic rings. The van der Waals surface area contributed by atoms with Crippen molar-refractivity contribution in [2.24, 2.45) is 0 Å². The van der Waals surface area contributed by atoms with Crippen molar-refractivity contribution in [3.05, 3.63) is 71.0 Å². The Morgan fingerprint density at radius 2 is 2.00 bits per heavy atom. The molecule has 0 aliphatic carbocycles. The van der Waals surface area contributed by atoms with Crippen molar-refractivity contribution in [2.45, 2.75) is 31.3 Å². The van der Waals surface area contributed by atoms with Crippen LogP contribution in [-0.2, 0) is 16.0 Å². The zero-order valence-corrected chi connectivity index (χ0v) is 17.6. The van der Waals surface area contributed by atoms with Gasteiger partial charge in [0.2, 0.25) is 0 Å². The van der Waals surface area contributed by atoms with Crippen molar-refractivity contribution >= 4 is 17.8 Å². The zero-order chi connectivity index (χ0) is 21.8. The fourth-order valence-electron chi connectivity index (χ4n) is 4.29. The molecule has 2 aromatic carbocycles. The van der Waals surface area contributed by atoms with E-state index in [2.05, 4.69) is 9.64 Å². The molecule has 0 N–H and O–H groups in total. The number of carbonyl (C=O) groups excluding carboxylic acids is 2. The standard InChI is InChI=1S/C25H26FNO4/c1-30-24(29)9-7-18-6-8-23-20(16-18)22(28)17-25(31-23)11-14-27(15-12-25)13-10-19-4-2-3-5-21(19)26/h2-9,16H,10-15,17H2,1H3. The lowest BCUT2D eigenvalue weighted by atomic mass is 9.82. The number of rotatable bonds is 5.